The second-order valence-electron chi connectivity index (χ2n) is 6.83. The van der Waals surface area contributed by atoms with E-state index < -0.39 is 22.9 Å². The Bertz CT molecular complexity index is 1130. The molecule has 9 nitrogen and oxygen atoms in total. The molecule has 0 amide bonds. The largest absolute Gasteiger partial charge is 0.497 e. The molecular formula is C23H21NO8. The van der Waals surface area contributed by atoms with Crippen molar-refractivity contribution >= 4 is 22.7 Å². The Morgan fingerprint density at radius 3 is 2.28 bits per heavy atom. The average Bonchev–Trinajstić information content (AvgIpc) is 2.80. The van der Waals surface area contributed by atoms with E-state index in [1.165, 1.54) is 24.3 Å². The summed E-state index contributed by atoms with van der Waals surface area (Å²) in [6, 6.07) is 17.3. The van der Waals surface area contributed by atoms with E-state index in [-0.39, 0.29) is 24.5 Å². The van der Waals surface area contributed by atoms with E-state index in [9.17, 15) is 19.7 Å². The predicted octanol–water partition coefficient (Wildman–Crippen LogP) is 3.92. The molecule has 0 aliphatic heterocycles. The summed E-state index contributed by atoms with van der Waals surface area (Å²) in [6.07, 6.45) is 0. The van der Waals surface area contributed by atoms with Gasteiger partial charge in [0.25, 0.3) is 5.09 Å². The summed E-state index contributed by atoms with van der Waals surface area (Å²) >= 11 is 0. The van der Waals surface area contributed by atoms with Crippen molar-refractivity contribution in [2.75, 3.05) is 20.3 Å². The Morgan fingerprint density at radius 2 is 1.59 bits per heavy atom. The van der Waals surface area contributed by atoms with Gasteiger partial charge in [-0.2, -0.15) is 0 Å². The van der Waals surface area contributed by atoms with Gasteiger partial charge in [0, 0.05) is 0 Å². The molecule has 0 bridgehead atoms. The van der Waals surface area contributed by atoms with Crippen LogP contribution in [0.4, 0.5) is 0 Å². The van der Waals surface area contributed by atoms with Crippen molar-refractivity contribution in [1.82, 2.24) is 0 Å². The molecule has 0 radical (unpaired) electrons. The van der Waals surface area contributed by atoms with E-state index in [1.807, 2.05) is 36.4 Å². The van der Waals surface area contributed by atoms with Crippen molar-refractivity contribution in [3.05, 3.63) is 81.9 Å². The number of hydrogen-bond acceptors (Lipinski definition) is 8. The fraction of sp³-hybridized carbons (Fsp3) is 0.217. The normalized spacial score (nSPS) is 11.4. The molecule has 0 spiro atoms. The molecule has 3 aromatic carbocycles. The number of carbonyl (C=O) groups excluding carboxylic acids is 2. The second kappa shape index (κ2) is 10.3. The standard InChI is InChI=1S/C23H21NO8/c1-15(17-3-4-19-14-21(29-2)10-7-18(19)13-17)22(25)32-20-8-5-16(6-9-20)23(26)30-11-12-31-24(27)28/h3-10,13-15H,11-12H2,1-2H3/t15-/m0/s1. The quantitative estimate of drug-likeness (QED) is 0.162. The average molecular weight is 439 g/mol. The molecule has 166 valence electrons. The highest BCUT2D eigenvalue weighted by atomic mass is 17.0. The SMILES string of the molecule is COc1ccc2cc([C@H](C)C(=O)Oc3ccc(C(=O)OCCO[N+](=O)[O-])cc3)ccc2c1. The van der Waals surface area contributed by atoms with E-state index in [2.05, 4.69) is 4.84 Å². The summed E-state index contributed by atoms with van der Waals surface area (Å²) in [5.74, 6) is -0.579. The van der Waals surface area contributed by atoms with Crippen LogP contribution in [0.15, 0.2) is 60.7 Å². The van der Waals surface area contributed by atoms with Crippen molar-refractivity contribution in [3.63, 3.8) is 0 Å². The zero-order valence-corrected chi connectivity index (χ0v) is 17.5. The van der Waals surface area contributed by atoms with Crippen molar-refractivity contribution in [2.24, 2.45) is 0 Å². The van der Waals surface area contributed by atoms with Gasteiger partial charge in [0.05, 0.1) is 18.6 Å². The topological polar surface area (TPSA) is 114 Å². The van der Waals surface area contributed by atoms with Gasteiger partial charge in [-0.25, -0.2) is 4.79 Å². The van der Waals surface area contributed by atoms with Gasteiger partial charge in [-0.1, -0.05) is 24.3 Å². The molecular weight excluding hydrogens is 418 g/mol. The van der Waals surface area contributed by atoms with Gasteiger partial charge in [-0.05, 0) is 59.7 Å². The Labute approximate surface area is 183 Å². The van der Waals surface area contributed by atoms with Crippen LogP contribution in [0, 0.1) is 10.1 Å². The van der Waals surface area contributed by atoms with Crippen LogP contribution in [0.5, 0.6) is 11.5 Å². The minimum absolute atomic E-state index is 0.212. The number of ether oxygens (including phenoxy) is 3. The molecule has 1 atom stereocenters. The highest BCUT2D eigenvalue weighted by Gasteiger charge is 2.18. The number of hydrogen-bond donors (Lipinski definition) is 0. The molecule has 0 N–H and O–H groups in total. The maximum atomic E-state index is 12.6. The minimum atomic E-state index is -0.965. The number of fused-ring (bicyclic) bond motifs is 1. The van der Waals surface area contributed by atoms with Crippen LogP contribution < -0.4 is 9.47 Å². The van der Waals surface area contributed by atoms with Gasteiger partial charge in [-0.3, -0.25) is 4.79 Å². The number of methoxy groups -OCH3 is 1. The van der Waals surface area contributed by atoms with Crippen LogP contribution in [0.2, 0.25) is 0 Å². The van der Waals surface area contributed by atoms with Gasteiger partial charge >= 0.3 is 11.9 Å². The monoisotopic (exact) mass is 439 g/mol. The maximum absolute atomic E-state index is 12.6. The Morgan fingerprint density at radius 1 is 0.938 bits per heavy atom. The second-order valence-corrected chi connectivity index (χ2v) is 6.83. The summed E-state index contributed by atoms with van der Waals surface area (Å²) in [5, 5.41) is 11.1. The van der Waals surface area contributed by atoms with E-state index >= 15 is 0 Å². The molecule has 0 aliphatic rings. The zero-order chi connectivity index (χ0) is 23.1. The van der Waals surface area contributed by atoms with E-state index in [1.54, 1.807) is 14.0 Å². The lowest BCUT2D eigenvalue weighted by atomic mass is 9.98. The molecule has 0 heterocycles. The number of benzene rings is 3. The van der Waals surface area contributed by atoms with Gasteiger partial charge in [0.2, 0.25) is 0 Å². The van der Waals surface area contributed by atoms with Crippen LogP contribution in [0.1, 0.15) is 28.8 Å². The molecule has 0 saturated heterocycles. The highest BCUT2D eigenvalue weighted by molar-refractivity contribution is 5.90. The third kappa shape index (κ3) is 5.72. The smallest absolute Gasteiger partial charge is 0.338 e. The highest BCUT2D eigenvalue weighted by Crippen LogP contribution is 2.26. The van der Waals surface area contributed by atoms with Crippen molar-refractivity contribution in [1.29, 1.82) is 0 Å². The van der Waals surface area contributed by atoms with Gasteiger partial charge in [-0.15, -0.1) is 10.1 Å². The third-order valence-electron chi connectivity index (χ3n) is 4.75. The first kappa shape index (κ1) is 22.5. The summed E-state index contributed by atoms with van der Waals surface area (Å²) in [5.41, 5.74) is 1.02. The number of carbonyl (C=O) groups is 2. The predicted molar refractivity (Wildman–Crippen MR) is 114 cm³/mol. The summed E-state index contributed by atoms with van der Waals surface area (Å²) in [4.78, 5) is 38.6. The summed E-state index contributed by atoms with van der Waals surface area (Å²) < 4.78 is 15.5. The first-order valence-corrected chi connectivity index (χ1v) is 9.71. The van der Waals surface area contributed by atoms with Crippen LogP contribution in [-0.2, 0) is 14.4 Å². The molecule has 3 aromatic rings. The molecule has 0 fully saturated rings. The summed E-state index contributed by atoms with van der Waals surface area (Å²) in [7, 11) is 1.61. The Hall–Kier alpha value is -4.14. The Balaban J connectivity index is 1.59. The number of nitrogens with zero attached hydrogens (tertiary/aromatic N) is 1. The van der Waals surface area contributed by atoms with Crippen LogP contribution in [0.25, 0.3) is 10.8 Å². The lowest BCUT2D eigenvalue weighted by Gasteiger charge is -2.13. The van der Waals surface area contributed by atoms with Crippen LogP contribution >= 0.6 is 0 Å². The first-order valence-electron chi connectivity index (χ1n) is 9.71. The van der Waals surface area contributed by atoms with Gasteiger partial charge < -0.3 is 19.0 Å². The van der Waals surface area contributed by atoms with Crippen LogP contribution in [-0.4, -0.2) is 37.3 Å². The molecule has 0 aliphatic carbocycles. The van der Waals surface area contributed by atoms with Crippen molar-refractivity contribution in [3.8, 4) is 11.5 Å². The van der Waals surface area contributed by atoms with E-state index in [4.69, 9.17) is 14.2 Å². The zero-order valence-electron chi connectivity index (χ0n) is 17.5. The third-order valence-corrected chi connectivity index (χ3v) is 4.75. The van der Waals surface area contributed by atoms with E-state index in [0.29, 0.717) is 0 Å². The van der Waals surface area contributed by atoms with Gasteiger partial charge in [0.1, 0.15) is 24.7 Å². The van der Waals surface area contributed by atoms with E-state index in [0.717, 1.165) is 22.1 Å². The van der Waals surface area contributed by atoms with Crippen molar-refractivity contribution < 1.29 is 33.7 Å². The molecule has 0 saturated carbocycles. The molecule has 9 heteroatoms. The molecule has 32 heavy (non-hydrogen) atoms. The lowest BCUT2D eigenvalue weighted by Crippen LogP contribution is -2.16. The van der Waals surface area contributed by atoms with Crippen LogP contribution in [0.3, 0.4) is 0 Å². The summed E-state index contributed by atoms with van der Waals surface area (Å²) in [6.45, 7) is 1.15. The van der Waals surface area contributed by atoms with Crippen molar-refractivity contribution in [2.45, 2.75) is 12.8 Å². The fourth-order valence-electron chi connectivity index (χ4n) is 2.97. The molecule has 3 rings (SSSR count). The number of rotatable bonds is 9. The Kier molecular flexibility index (Phi) is 7.22. The first-order chi connectivity index (χ1) is 15.4. The van der Waals surface area contributed by atoms with Gasteiger partial charge in [0.15, 0.2) is 0 Å². The number of esters is 2. The lowest BCUT2D eigenvalue weighted by molar-refractivity contribution is -0.757. The minimum Gasteiger partial charge on any atom is -0.497 e. The molecule has 0 aromatic heterocycles. The molecule has 0 unspecified atom stereocenters. The maximum Gasteiger partial charge on any atom is 0.338 e. The fourth-order valence-corrected chi connectivity index (χ4v) is 2.97.